The van der Waals surface area contributed by atoms with Gasteiger partial charge in [0, 0.05) is 0 Å². The van der Waals surface area contributed by atoms with Crippen LogP contribution >= 0.6 is 0 Å². The Hall–Kier alpha value is -0.570. The van der Waals surface area contributed by atoms with Gasteiger partial charge in [0.1, 0.15) is 0 Å². The molecule has 0 bridgehead atoms. The van der Waals surface area contributed by atoms with Crippen LogP contribution in [0.15, 0.2) is 0 Å². The number of hydrogen-bond acceptors (Lipinski definition) is 3. The molecule has 1 rings (SSSR count). The maximum Gasteiger partial charge on any atom is 0.334 e. The maximum atomic E-state index is 11.1. The Morgan fingerprint density at radius 1 is 1.58 bits per heavy atom. The van der Waals surface area contributed by atoms with Crippen LogP contribution in [-0.4, -0.2) is 24.8 Å². The van der Waals surface area contributed by atoms with Crippen molar-refractivity contribution in [2.24, 2.45) is 0 Å². The smallest absolute Gasteiger partial charge is 0.334 e. The summed E-state index contributed by atoms with van der Waals surface area (Å²) < 4.78 is 10.2. The molecule has 0 N–H and O–H groups in total. The third kappa shape index (κ3) is 2.21. The molecule has 0 aromatic carbocycles. The Bertz CT molecular complexity index is 175. The first-order chi connectivity index (χ1) is 5.55. The van der Waals surface area contributed by atoms with Gasteiger partial charge in [0.25, 0.3) is 0 Å². The van der Waals surface area contributed by atoms with Crippen LogP contribution in [0, 0.1) is 0 Å². The largest absolute Gasteiger partial charge is 0.467 e. The van der Waals surface area contributed by atoms with Gasteiger partial charge in [0.05, 0.1) is 12.7 Å². The highest BCUT2D eigenvalue weighted by Crippen LogP contribution is 2.28. The molecule has 0 unspecified atom stereocenters. The van der Waals surface area contributed by atoms with Crippen LogP contribution in [0.2, 0.25) is 0 Å². The van der Waals surface area contributed by atoms with Gasteiger partial charge in [0.15, 0.2) is 6.10 Å². The van der Waals surface area contributed by atoms with Crippen molar-refractivity contribution in [1.29, 1.82) is 0 Å². The molecule has 0 aliphatic carbocycles. The van der Waals surface area contributed by atoms with Crippen molar-refractivity contribution in [3.8, 4) is 0 Å². The monoisotopic (exact) mass is 172 g/mol. The van der Waals surface area contributed by atoms with E-state index >= 15 is 0 Å². The Morgan fingerprint density at radius 2 is 2.25 bits per heavy atom. The number of ether oxygens (including phenoxy) is 2. The lowest BCUT2D eigenvalue weighted by Crippen LogP contribution is -2.39. The summed E-state index contributed by atoms with van der Waals surface area (Å²) in [6.45, 7) is 4.00. The topological polar surface area (TPSA) is 35.5 Å². The van der Waals surface area contributed by atoms with Crippen molar-refractivity contribution in [3.63, 3.8) is 0 Å². The Kier molecular flexibility index (Phi) is 2.73. The lowest BCUT2D eigenvalue weighted by molar-refractivity contribution is -0.172. The van der Waals surface area contributed by atoms with Crippen molar-refractivity contribution in [2.75, 3.05) is 7.11 Å². The van der Waals surface area contributed by atoms with Crippen LogP contribution in [0.4, 0.5) is 0 Å². The summed E-state index contributed by atoms with van der Waals surface area (Å²) in [7, 11) is 1.40. The molecule has 0 aromatic heterocycles. The molecule has 12 heavy (non-hydrogen) atoms. The van der Waals surface area contributed by atoms with Gasteiger partial charge < -0.3 is 9.47 Å². The van der Waals surface area contributed by atoms with Gasteiger partial charge in [-0.25, -0.2) is 4.79 Å². The molecule has 1 fully saturated rings. The number of methoxy groups -OCH3 is 1. The van der Waals surface area contributed by atoms with E-state index in [1.165, 1.54) is 7.11 Å². The first-order valence-corrected chi connectivity index (χ1v) is 4.31. The van der Waals surface area contributed by atoms with Crippen LogP contribution in [0.3, 0.4) is 0 Å². The van der Waals surface area contributed by atoms with E-state index in [0.717, 1.165) is 19.3 Å². The second kappa shape index (κ2) is 3.44. The average molecular weight is 172 g/mol. The van der Waals surface area contributed by atoms with E-state index in [0.29, 0.717) is 0 Å². The Morgan fingerprint density at radius 3 is 2.75 bits per heavy atom. The average Bonchev–Trinajstić information content (AvgIpc) is 2.01. The van der Waals surface area contributed by atoms with E-state index in [4.69, 9.17) is 4.74 Å². The predicted molar refractivity (Wildman–Crippen MR) is 44.8 cm³/mol. The highest BCUT2D eigenvalue weighted by Gasteiger charge is 2.32. The molecule has 1 aliphatic heterocycles. The summed E-state index contributed by atoms with van der Waals surface area (Å²) >= 11 is 0. The zero-order valence-corrected chi connectivity index (χ0v) is 7.92. The lowest BCUT2D eigenvalue weighted by atomic mass is 9.95. The third-order valence-electron chi connectivity index (χ3n) is 2.17. The standard InChI is InChI=1S/C9H16O3/c1-9(2)6-4-5-7(12-9)8(10)11-3/h7H,4-6H2,1-3H3/t7-/m0/s1. The van der Waals surface area contributed by atoms with Crippen molar-refractivity contribution < 1.29 is 14.3 Å². The summed E-state index contributed by atoms with van der Waals surface area (Å²) in [4.78, 5) is 11.1. The molecule has 0 radical (unpaired) electrons. The highest BCUT2D eigenvalue weighted by molar-refractivity contribution is 5.74. The molecule has 1 saturated heterocycles. The van der Waals surface area contributed by atoms with E-state index in [1.807, 2.05) is 13.8 Å². The molecule has 0 spiro atoms. The zero-order valence-electron chi connectivity index (χ0n) is 7.92. The molecule has 0 aromatic rings. The minimum atomic E-state index is -0.348. The van der Waals surface area contributed by atoms with Crippen molar-refractivity contribution >= 4 is 5.97 Å². The van der Waals surface area contributed by atoms with Gasteiger partial charge in [-0.2, -0.15) is 0 Å². The summed E-state index contributed by atoms with van der Waals surface area (Å²) in [5, 5.41) is 0. The molecule has 0 saturated carbocycles. The fourth-order valence-electron chi connectivity index (χ4n) is 1.51. The van der Waals surface area contributed by atoms with Crippen LogP contribution in [0.5, 0.6) is 0 Å². The Balaban J connectivity index is 2.52. The number of carbonyl (C=O) groups is 1. The first kappa shape index (κ1) is 9.52. The molecule has 3 heteroatoms. The van der Waals surface area contributed by atoms with Gasteiger partial charge in [-0.1, -0.05) is 0 Å². The number of rotatable bonds is 1. The number of hydrogen-bond donors (Lipinski definition) is 0. The van der Waals surface area contributed by atoms with E-state index in [-0.39, 0.29) is 17.7 Å². The van der Waals surface area contributed by atoms with Crippen LogP contribution < -0.4 is 0 Å². The fourth-order valence-corrected chi connectivity index (χ4v) is 1.51. The summed E-state index contributed by atoms with van der Waals surface area (Å²) in [5.41, 5.74) is -0.170. The Labute approximate surface area is 73.0 Å². The van der Waals surface area contributed by atoms with Crippen molar-refractivity contribution in [3.05, 3.63) is 0 Å². The zero-order chi connectivity index (χ0) is 9.19. The number of esters is 1. The normalized spacial score (nSPS) is 28.1. The third-order valence-corrected chi connectivity index (χ3v) is 2.17. The van der Waals surface area contributed by atoms with Gasteiger partial charge >= 0.3 is 5.97 Å². The van der Waals surface area contributed by atoms with Crippen molar-refractivity contribution in [1.82, 2.24) is 0 Å². The minimum Gasteiger partial charge on any atom is -0.467 e. The quantitative estimate of drug-likeness (QED) is 0.562. The van der Waals surface area contributed by atoms with E-state index in [1.54, 1.807) is 0 Å². The molecule has 1 heterocycles. The van der Waals surface area contributed by atoms with E-state index < -0.39 is 0 Å². The molecule has 3 nitrogen and oxygen atoms in total. The lowest BCUT2D eigenvalue weighted by Gasteiger charge is -2.34. The first-order valence-electron chi connectivity index (χ1n) is 4.31. The van der Waals surface area contributed by atoms with Crippen molar-refractivity contribution in [2.45, 2.75) is 44.8 Å². The van der Waals surface area contributed by atoms with Gasteiger partial charge in [-0.05, 0) is 33.1 Å². The maximum absolute atomic E-state index is 11.1. The van der Waals surface area contributed by atoms with Gasteiger partial charge in [0.2, 0.25) is 0 Å². The van der Waals surface area contributed by atoms with Crippen LogP contribution in [0.1, 0.15) is 33.1 Å². The van der Waals surface area contributed by atoms with Gasteiger partial charge in [-0.3, -0.25) is 0 Å². The van der Waals surface area contributed by atoms with Crippen LogP contribution in [0.25, 0.3) is 0 Å². The minimum absolute atomic E-state index is 0.170. The summed E-state index contributed by atoms with van der Waals surface area (Å²) in [5.74, 6) is -0.247. The number of carbonyl (C=O) groups excluding carboxylic acids is 1. The summed E-state index contributed by atoms with van der Waals surface area (Å²) in [6.07, 6.45) is 2.49. The predicted octanol–water partition coefficient (Wildman–Crippen LogP) is 1.51. The molecule has 0 amide bonds. The second-order valence-electron chi connectivity index (χ2n) is 3.78. The molecule has 1 atom stereocenters. The summed E-state index contributed by atoms with van der Waals surface area (Å²) in [6, 6.07) is 0. The molecule has 70 valence electrons. The van der Waals surface area contributed by atoms with Gasteiger partial charge in [-0.15, -0.1) is 0 Å². The SMILES string of the molecule is COC(=O)[C@@H]1CCCC(C)(C)O1. The van der Waals surface area contributed by atoms with E-state index in [9.17, 15) is 4.79 Å². The second-order valence-corrected chi connectivity index (χ2v) is 3.78. The molecular formula is C9H16O3. The van der Waals surface area contributed by atoms with E-state index in [2.05, 4.69) is 4.74 Å². The fraction of sp³-hybridized carbons (Fsp3) is 0.889. The molecular weight excluding hydrogens is 156 g/mol. The van der Waals surface area contributed by atoms with Crippen LogP contribution in [-0.2, 0) is 14.3 Å². The molecule has 1 aliphatic rings. The highest BCUT2D eigenvalue weighted by atomic mass is 16.6.